The number of ether oxygens (including phenoxy) is 2. The van der Waals surface area contributed by atoms with Crippen molar-refractivity contribution in [2.75, 3.05) is 6.61 Å². The maximum atomic E-state index is 14.2. The minimum atomic E-state index is -0.440. The summed E-state index contributed by atoms with van der Waals surface area (Å²) in [7, 11) is 0. The number of halogens is 2. The van der Waals surface area contributed by atoms with Gasteiger partial charge in [0.1, 0.15) is 12.4 Å². The van der Waals surface area contributed by atoms with Gasteiger partial charge in [0.2, 0.25) is 0 Å². The van der Waals surface area contributed by atoms with E-state index in [1.54, 1.807) is 30.3 Å². The van der Waals surface area contributed by atoms with Crippen LogP contribution in [0.4, 0.5) is 4.39 Å². The smallest absolute Gasteiger partial charge is 0.175 e. The highest BCUT2D eigenvalue weighted by molar-refractivity contribution is 9.10. The van der Waals surface area contributed by atoms with Crippen LogP contribution >= 0.6 is 15.9 Å². The lowest BCUT2D eigenvalue weighted by Gasteiger charge is -2.15. The SMILES string of the molecule is CCOc1cc(/C=C(/C#N)c2ccccc2F)cc(Br)c1OCc1ccc2ccccc2c1. The summed E-state index contributed by atoms with van der Waals surface area (Å²) in [4.78, 5) is 0. The standard InChI is InChI=1S/C28H21BrFNO2/c1-2-32-27-16-20(14-23(17-31)24-9-5-6-10-26(24)30)15-25(29)28(27)33-18-19-11-12-21-7-3-4-8-22(21)13-19/h3-16H,2,18H2,1H3/b23-14-. The van der Waals surface area contributed by atoms with E-state index >= 15 is 0 Å². The van der Waals surface area contributed by atoms with E-state index in [1.165, 1.54) is 11.5 Å². The van der Waals surface area contributed by atoms with Gasteiger partial charge < -0.3 is 9.47 Å². The van der Waals surface area contributed by atoms with Crippen LogP contribution in [0.15, 0.2) is 83.3 Å². The Bertz CT molecular complexity index is 1370. The number of benzene rings is 4. The van der Waals surface area contributed by atoms with Crippen molar-refractivity contribution in [2.45, 2.75) is 13.5 Å². The second-order valence-electron chi connectivity index (χ2n) is 7.38. The lowest BCUT2D eigenvalue weighted by molar-refractivity contribution is 0.267. The van der Waals surface area contributed by atoms with E-state index in [0.29, 0.717) is 34.7 Å². The van der Waals surface area contributed by atoms with Gasteiger partial charge in [-0.25, -0.2) is 4.39 Å². The van der Waals surface area contributed by atoms with Gasteiger partial charge in [-0.2, -0.15) is 5.26 Å². The number of nitrogens with zero attached hydrogens (tertiary/aromatic N) is 1. The molecule has 0 bridgehead atoms. The van der Waals surface area contributed by atoms with Gasteiger partial charge in [-0.3, -0.25) is 0 Å². The predicted molar refractivity (Wildman–Crippen MR) is 133 cm³/mol. The second kappa shape index (κ2) is 10.3. The number of hydrogen-bond donors (Lipinski definition) is 0. The van der Waals surface area contributed by atoms with Crippen molar-refractivity contribution < 1.29 is 13.9 Å². The highest BCUT2D eigenvalue weighted by Crippen LogP contribution is 2.38. The second-order valence-corrected chi connectivity index (χ2v) is 8.24. The van der Waals surface area contributed by atoms with Crippen LogP contribution in [-0.2, 0) is 6.61 Å². The molecule has 4 rings (SSSR count). The van der Waals surface area contributed by atoms with Crippen LogP contribution in [0.2, 0.25) is 0 Å². The summed E-state index contributed by atoms with van der Waals surface area (Å²) in [6.07, 6.45) is 1.64. The summed E-state index contributed by atoms with van der Waals surface area (Å²) in [6.45, 7) is 2.71. The molecule has 0 amide bonds. The van der Waals surface area contributed by atoms with Crippen LogP contribution in [0.1, 0.15) is 23.6 Å². The topological polar surface area (TPSA) is 42.2 Å². The maximum absolute atomic E-state index is 14.2. The Morgan fingerprint density at radius 1 is 0.970 bits per heavy atom. The fourth-order valence-corrected chi connectivity index (χ4v) is 4.15. The monoisotopic (exact) mass is 501 g/mol. The van der Waals surface area contributed by atoms with E-state index in [9.17, 15) is 9.65 Å². The van der Waals surface area contributed by atoms with Gasteiger partial charge in [0.05, 0.1) is 22.7 Å². The van der Waals surface area contributed by atoms with Crippen LogP contribution in [0.25, 0.3) is 22.4 Å². The first-order valence-corrected chi connectivity index (χ1v) is 11.3. The van der Waals surface area contributed by atoms with Crippen molar-refractivity contribution >= 4 is 38.4 Å². The molecule has 0 aliphatic carbocycles. The molecule has 0 saturated heterocycles. The number of nitriles is 1. The minimum Gasteiger partial charge on any atom is -0.490 e. The first-order valence-electron chi connectivity index (χ1n) is 10.5. The zero-order chi connectivity index (χ0) is 23.2. The molecule has 4 aromatic rings. The first kappa shape index (κ1) is 22.6. The van der Waals surface area contributed by atoms with Gasteiger partial charge in [0.25, 0.3) is 0 Å². The van der Waals surface area contributed by atoms with E-state index in [0.717, 1.165) is 10.9 Å². The van der Waals surface area contributed by atoms with Crippen LogP contribution in [-0.4, -0.2) is 6.61 Å². The molecule has 0 N–H and O–H groups in total. The lowest BCUT2D eigenvalue weighted by Crippen LogP contribution is -2.01. The van der Waals surface area contributed by atoms with Crippen LogP contribution in [0.5, 0.6) is 11.5 Å². The van der Waals surface area contributed by atoms with E-state index in [4.69, 9.17) is 9.47 Å². The van der Waals surface area contributed by atoms with Gasteiger partial charge in [0.15, 0.2) is 11.5 Å². The summed E-state index contributed by atoms with van der Waals surface area (Å²) < 4.78 is 26.8. The summed E-state index contributed by atoms with van der Waals surface area (Å²) in [6, 6.07) is 26.3. The molecule has 0 atom stereocenters. The Morgan fingerprint density at radius 2 is 1.73 bits per heavy atom. The van der Waals surface area contributed by atoms with Crippen molar-refractivity contribution in [1.82, 2.24) is 0 Å². The summed E-state index contributed by atoms with van der Waals surface area (Å²) >= 11 is 3.57. The van der Waals surface area contributed by atoms with Crippen molar-refractivity contribution in [3.8, 4) is 17.6 Å². The molecular weight excluding hydrogens is 481 g/mol. The normalized spacial score (nSPS) is 11.3. The van der Waals surface area contributed by atoms with Crippen LogP contribution < -0.4 is 9.47 Å². The number of fused-ring (bicyclic) bond motifs is 1. The van der Waals surface area contributed by atoms with Gasteiger partial charge >= 0.3 is 0 Å². The molecule has 0 aliphatic rings. The molecule has 3 nitrogen and oxygen atoms in total. The Labute approximate surface area is 200 Å². The average molecular weight is 502 g/mol. The molecule has 0 spiro atoms. The molecule has 0 aromatic heterocycles. The van der Waals surface area contributed by atoms with Gasteiger partial charge in [-0.15, -0.1) is 0 Å². The number of rotatable bonds is 7. The molecule has 0 aliphatic heterocycles. The molecule has 164 valence electrons. The third-order valence-corrected chi connectivity index (χ3v) is 5.71. The molecule has 0 saturated carbocycles. The predicted octanol–water partition coefficient (Wildman–Crippen LogP) is 7.78. The summed E-state index contributed by atoms with van der Waals surface area (Å²) in [5.74, 6) is 0.682. The van der Waals surface area contributed by atoms with Crippen molar-refractivity contribution in [3.05, 3.63) is 106 Å². The third kappa shape index (κ3) is 5.24. The van der Waals surface area contributed by atoms with Gasteiger partial charge in [-0.05, 0) is 75.1 Å². The van der Waals surface area contributed by atoms with Crippen molar-refractivity contribution in [1.29, 1.82) is 5.26 Å². The van der Waals surface area contributed by atoms with Crippen LogP contribution in [0.3, 0.4) is 0 Å². The average Bonchev–Trinajstić information content (AvgIpc) is 2.82. The maximum Gasteiger partial charge on any atom is 0.175 e. The summed E-state index contributed by atoms with van der Waals surface area (Å²) in [5, 5.41) is 11.9. The van der Waals surface area contributed by atoms with Gasteiger partial charge in [-0.1, -0.05) is 54.6 Å². The molecule has 0 fully saturated rings. The molecule has 4 aromatic carbocycles. The van der Waals surface area contributed by atoms with E-state index in [-0.39, 0.29) is 11.1 Å². The minimum absolute atomic E-state index is 0.229. The van der Waals surface area contributed by atoms with Crippen molar-refractivity contribution in [3.63, 3.8) is 0 Å². The molecular formula is C28H21BrFNO2. The largest absolute Gasteiger partial charge is 0.490 e. The molecule has 0 unspecified atom stereocenters. The highest BCUT2D eigenvalue weighted by atomic mass is 79.9. The number of allylic oxidation sites excluding steroid dienone is 1. The Balaban J connectivity index is 1.64. The van der Waals surface area contributed by atoms with Crippen LogP contribution in [0, 0.1) is 17.1 Å². The third-order valence-electron chi connectivity index (χ3n) is 5.12. The molecule has 0 heterocycles. The Hall–Kier alpha value is -3.62. The van der Waals surface area contributed by atoms with Gasteiger partial charge in [0, 0.05) is 5.56 Å². The zero-order valence-corrected chi connectivity index (χ0v) is 19.6. The first-order chi connectivity index (χ1) is 16.1. The fraction of sp³-hybridized carbons (Fsp3) is 0.107. The zero-order valence-electron chi connectivity index (χ0n) is 18.0. The summed E-state index contributed by atoms with van der Waals surface area (Å²) in [5.41, 5.74) is 2.22. The Morgan fingerprint density at radius 3 is 2.48 bits per heavy atom. The van der Waals surface area contributed by atoms with Crippen molar-refractivity contribution in [2.24, 2.45) is 0 Å². The molecule has 33 heavy (non-hydrogen) atoms. The lowest BCUT2D eigenvalue weighted by atomic mass is 10.0. The Kier molecular flexibility index (Phi) is 7.07. The van der Waals surface area contributed by atoms with E-state index in [2.05, 4.69) is 46.3 Å². The quantitative estimate of drug-likeness (QED) is 0.191. The molecule has 0 radical (unpaired) electrons. The molecule has 5 heteroatoms. The van der Waals surface area contributed by atoms with E-state index < -0.39 is 5.82 Å². The van der Waals surface area contributed by atoms with E-state index in [1.807, 2.05) is 31.2 Å². The highest BCUT2D eigenvalue weighted by Gasteiger charge is 2.14. The number of hydrogen-bond acceptors (Lipinski definition) is 3. The fourth-order valence-electron chi connectivity index (χ4n) is 3.57.